The van der Waals surface area contributed by atoms with E-state index in [9.17, 15) is 18.0 Å². The van der Waals surface area contributed by atoms with E-state index in [1.54, 1.807) is 19.2 Å². The van der Waals surface area contributed by atoms with E-state index in [-0.39, 0.29) is 6.61 Å². The number of rotatable bonds is 9. The third kappa shape index (κ3) is 7.98. The number of alkyl halides is 3. The van der Waals surface area contributed by atoms with Crippen molar-refractivity contribution in [3.8, 4) is 5.75 Å². The highest BCUT2D eigenvalue weighted by Gasteiger charge is 2.33. The molecule has 158 valence electrons. The molecule has 2 rings (SSSR count). The number of carbonyl (C=O) groups is 1. The molecule has 0 saturated carbocycles. The number of amides is 1. The number of aromatic nitrogens is 1. The first-order chi connectivity index (χ1) is 13.8. The van der Waals surface area contributed by atoms with Gasteiger partial charge in [-0.25, -0.2) is 4.98 Å². The van der Waals surface area contributed by atoms with E-state index < -0.39 is 17.8 Å². The second-order valence-corrected chi connectivity index (χ2v) is 6.89. The van der Waals surface area contributed by atoms with Crippen LogP contribution in [0.15, 0.2) is 34.6 Å². The molecule has 0 saturated heterocycles. The molecular formula is C18H22F3N5O2S. The summed E-state index contributed by atoms with van der Waals surface area (Å²) in [5.41, 5.74) is 5.23. The van der Waals surface area contributed by atoms with Gasteiger partial charge in [0.25, 0.3) is 5.91 Å². The number of ether oxygens (including phenoxy) is 1. The Bertz CT molecular complexity index is 822. The van der Waals surface area contributed by atoms with Crippen LogP contribution in [0.3, 0.4) is 0 Å². The van der Waals surface area contributed by atoms with E-state index in [1.807, 2.05) is 12.1 Å². The SMILES string of the molecule is CN=C(NCCc1ccc(OCC(N)=O)cc1)NCCc1nc(C(F)(F)F)cs1. The summed E-state index contributed by atoms with van der Waals surface area (Å²) in [7, 11) is 1.62. The number of nitrogens with one attached hydrogen (secondary N) is 2. The fraction of sp³-hybridized carbons (Fsp3) is 0.389. The molecule has 4 N–H and O–H groups in total. The van der Waals surface area contributed by atoms with Crippen LogP contribution in [0, 0.1) is 0 Å². The summed E-state index contributed by atoms with van der Waals surface area (Å²) in [5.74, 6) is 0.584. The van der Waals surface area contributed by atoms with Crippen molar-refractivity contribution in [2.24, 2.45) is 10.7 Å². The van der Waals surface area contributed by atoms with Gasteiger partial charge < -0.3 is 21.1 Å². The van der Waals surface area contributed by atoms with E-state index in [4.69, 9.17) is 10.5 Å². The predicted octanol–water partition coefficient (Wildman–Crippen LogP) is 1.98. The molecule has 1 heterocycles. The molecular weight excluding hydrogens is 407 g/mol. The smallest absolute Gasteiger partial charge is 0.434 e. The highest BCUT2D eigenvalue weighted by Crippen LogP contribution is 2.29. The lowest BCUT2D eigenvalue weighted by Gasteiger charge is -2.11. The number of nitrogens with two attached hydrogens (primary N) is 1. The number of nitrogens with zero attached hydrogens (tertiary/aromatic N) is 2. The van der Waals surface area contributed by atoms with Gasteiger partial charge in [-0.2, -0.15) is 13.2 Å². The normalized spacial score (nSPS) is 11.9. The summed E-state index contributed by atoms with van der Waals surface area (Å²) in [6.07, 6.45) is -3.32. The maximum absolute atomic E-state index is 12.6. The van der Waals surface area contributed by atoms with Gasteiger partial charge in [0.1, 0.15) is 5.75 Å². The summed E-state index contributed by atoms with van der Waals surface area (Å²) in [5, 5.41) is 7.62. The first-order valence-corrected chi connectivity index (χ1v) is 9.62. The van der Waals surface area contributed by atoms with Crippen molar-refractivity contribution >= 4 is 23.2 Å². The Kier molecular flexibility index (Phi) is 8.25. The molecule has 7 nitrogen and oxygen atoms in total. The summed E-state index contributed by atoms with van der Waals surface area (Å²) in [6.45, 7) is 0.856. The third-order valence-electron chi connectivity index (χ3n) is 3.71. The molecule has 29 heavy (non-hydrogen) atoms. The Morgan fingerprint density at radius 2 is 1.86 bits per heavy atom. The minimum absolute atomic E-state index is 0.165. The summed E-state index contributed by atoms with van der Waals surface area (Å²) in [4.78, 5) is 18.4. The van der Waals surface area contributed by atoms with Gasteiger partial charge in [-0.05, 0) is 24.1 Å². The van der Waals surface area contributed by atoms with Crippen molar-refractivity contribution in [1.29, 1.82) is 0 Å². The highest BCUT2D eigenvalue weighted by molar-refractivity contribution is 7.09. The molecule has 11 heteroatoms. The Balaban J connectivity index is 1.69. The number of hydrogen-bond acceptors (Lipinski definition) is 5. The van der Waals surface area contributed by atoms with Crippen LogP contribution in [0.1, 0.15) is 16.3 Å². The van der Waals surface area contributed by atoms with Crippen LogP contribution in [-0.4, -0.2) is 43.6 Å². The van der Waals surface area contributed by atoms with Gasteiger partial charge in [0, 0.05) is 31.9 Å². The van der Waals surface area contributed by atoms with Gasteiger partial charge in [-0.3, -0.25) is 9.79 Å². The molecule has 0 aliphatic carbocycles. The topological polar surface area (TPSA) is 102 Å². The van der Waals surface area contributed by atoms with Crippen LogP contribution >= 0.6 is 11.3 Å². The van der Waals surface area contributed by atoms with E-state index in [1.165, 1.54) is 0 Å². The molecule has 0 fully saturated rings. The number of carbonyl (C=O) groups excluding carboxylic acids is 1. The van der Waals surface area contributed by atoms with Gasteiger partial charge in [0.2, 0.25) is 0 Å². The number of benzene rings is 1. The molecule has 0 aliphatic rings. The van der Waals surface area contributed by atoms with Crippen molar-refractivity contribution in [3.63, 3.8) is 0 Å². The van der Waals surface area contributed by atoms with Crippen molar-refractivity contribution in [2.45, 2.75) is 19.0 Å². The molecule has 1 aromatic carbocycles. The summed E-state index contributed by atoms with van der Waals surface area (Å²) >= 11 is 0.990. The molecule has 1 aromatic heterocycles. The number of aliphatic imine (C=N–C) groups is 1. The van der Waals surface area contributed by atoms with Crippen LogP contribution in [0.4, 0.5) is 13.2 Å². The van der Waals surface area contributed by atoms with Crippen LogP contribution < -0.4 is 21.1 Å². The summed E-state index contributed by atoms with van der Waals surface area (Å²) in [6, 6.07) is 7.28. The number of thiazole rings is 1. The molecule has 0 atom stereocenters. The standard InChI is InChI=1S/C18H22F3N5O2S/c1-23-17(25-9-7-16-26-14(11-29-16)18(19,20)21)24-8-6-12-2-4-13(5-3-12)28-10-15(22)27/h2-5,11H,6-10H2,1H3,(H2,22,27)(H2,23,24,25). The highest BCUT2D eigenvalue weighted by atomic mass is 32.1. The van der Waals surface area contributed by atoms with Crippen LogP contribution in [-0.2, 0) is 23.8 Å². The molecule has 0 unspecified atom stereocenters. The fourth-order valence-electron chi connectivity index (χ4n) is 2.30. The van der Waals surface area contributed by atoms with Gasteiger partial charge >= 0.3 is 6.18 Å². The van der Waals surface area contributed by atoms with E-state index in [0.29, 0.717) is 36.2 Å². The predicted molar refractivity (Wildman–Crippen MR) is 105 cm³/mol. The average molecular weight is 429 g/mol. The average Bonchev–Trinajstić information content (AvgIpc) is 3.15. The lowest BCUT2D eigenvalue weighted by atomic mass is 10.1. The molecule has 2 aromatic rings. The van der Waals surface area contributed by atoms with E-state index >= 15 is 0 Å². The maximum Gasteiger partial charge on any atom is 0.434 e. The zero-order valence-corrected chi connectivity index (χ0v) is 16.6. The Morgan fingerprint density at radius 3 is 2.41 bits per heavy atom. The minimum atomic E-state index is -4.41. The first kappa shape index (κ1) is 22.5. The molecule has 0 spiro atoms. The van der Waals surface area contributed by atoms with Gasteiger partial charge in [0.15, 0.2) is 18.3 Å². The Hall–Kier alpha value is -2.82. The van der Waals surface area contributed by atoms with E-state index in [0.717, 1.165) is 28.7 Å². The minimum Gasteiger partial charge on any atom is -0.484 e. The monoisotopic (exact) mass is 429 g/mol. The molecule has 0 aliphatic heterocycles. The second-order valence-electron chi connectivity index (χ2n) is 5.95. The second kappa shape index (κ2) is 10.6. The fourth-order valence-corrected chi connectivity index (χ4v) is 3.10. The number of halogens is 3. The Morgan fingerprint density at radius 1 is 1.21 bits per heavy atom. The number of guanidine groups is 1. The van der Waals surface area contributed by atoms with Gasteiger partial charge in [0.05, 0.1) is 5.01 Å². The molecule has 1 amide bonds. The lowest BCUT2D eigenvalue weighted by Crippen LogP contribution is -2.39. The van der Waals surface area contributed by atoms with Crippen molar-refractivity contribution in [2.75, 3.05) is 26.7 Å². The quantitative estimate of drug-likeness (QED) is 0.418. The summed E-state index contributed by atoms with van der Waals surface area (Å²) < 4.78 is 42.9. The lowest BCUT2D eigenvalue weighted by molar-refractivity contribution is -0.140. The van der Waals surface area contributed by atoms with Gasteiger partial charge in [-0.1, -0.05) is 12.1 Å². The largest absolute Gasteiger partial charge is 0.484 e. The molecule has 0 bridgehead atoms. The Labute approximate surface area is 170 Å². The van der Waals surface area contributed by atoms with Crippen molar-refractivity contribution in [1.82, 2.24) is 15.6 Å². The number of primary amides is 1. The third-order valence-corrected chi connectivity index (χ3v) is 4.62. The van der Waals surface area contributed by atoms with E-state index in [2.05, 4.69) is 20.6 Å². The number of hydrogen-bond donors (Lipinski definition) is 3. The van der Waals surface area contributed by atoms with Crippen molar-refractivity contribution < 1.29 is 22.7 Å². The van der Waals surface area contributed by atoms with Crippen LogP contribution in [0.25, 0.3) is 0 Å². The van der Waals surface area contributed by atoms with Crippen molar-refractivity contribution in [3.05, 3.63) is 45.9 Å². The maximum atomic E-state index is 12.6. The molecule has 0 radical (unpaired) electrons. The zero-order chi connectivity index (χ0) is 21.3. The van der Waals surface area contributed by atoms with Crippen LogP contribution in [0.2, 0.25) is 0 Å². The zero-order valence-electron chi connectivity index (χ0n) is 15.8. The van der Waals surface area contributed by atoms with Gasteiger partial charge in [-0.15, -0.1) is 11.3 Å². The van der Waals surface area contributed by atoms with Crippen LogP contribution in [0.5, 0.6) is 5.75 Å². The first-order valence-electron chi connectivity index (χ1n) is 8.74.